The summed E-state index contributed by atoms with van der Waals surface area (Å²) in [5, 5.41) is 11.5. The van der Waals surface area contributed by atoms with Gasteiger partial charge in [-0.2, -0.15) is 0 Å². The van der Waals surface area contributed by atoms with Crippen molar-refractivity contribution in [2.75, 3.05) is 13.6 Å². The molecule has 0 spiro atoms. The van der Waals surface area contributed by atoms with E-state index in [-0.39, 0.29) is 23.5 Å². The van der Waals surface area contributed by atoms with Crippen LogP contribution >= 0.6 is 0 Å². The molecule has 1 aromatic carbocycles. The molecular formula is C13H18FN3O2. The lowest BCUT2D eigenvalue weighted by Crippen LogP contribution is -2.36. The maximum Gasteiger partial charge on any atom is 0.253 e. The number of oxime groups is 1. The molecule has 1 rings (SSSR count). The fraction of sp³-hybridized carbons (Fsp3) is 0.385. The Bertz CT molecular complexity index is 503. The number of amides is 1. The Morgan fingerprint density at radius 2 is 2.21 bits per heavy atom. The summed E-state index contributed by atoms with van der Waals surface area (Å²) in [5.41, 5.74) is 6.29. The van der Waals surface area contributed by atoms with Gasteiger partial charge in [-0.1, -0.05) is 12.1 Å². The Morgan fingerprint density at radius 3 is 2.74 bits per heavy atom. The third-order valence-corrected chi connectivity index (χ3v) is 2.92. The van der Waals surface area contributed by atoms with E-state index in [1.165, 1.54) is 23.1 Å². The highest BCUT2D eigenvalue weighted by Gasteiger charge is 2.17. The van der Waals surface area contributed by atoms with Gasteiger partial charge in [-0.3, -0.25) is 4.79 Å². The molecular weight excluding hydrogens is 249 g/mol. The van der Waals surface area contributed by atoms with E-state index in [2.05, 4.69) is 5.16 Å². The Labute approximate surface area is 111 Å². The largest absolute Gasteiger partial charge is 0.409 e. The van der Waals surface area contributed by atoms with Crippen molar-refractivity contribution in [3.05, 3.63) is 35.1 Å². The zero-order chi connectivity index (χ0) is 14.6. The highest BCUT2D eigenvalue weighted by atomic mass is 19.1. The zero-order valence-electron chi connectivity index (χ0n) is 11.2. The van der Waals surface area contributed by atoms with Gasteiger partial charge in [-0.05, 0) is 30.7 Å². The molecule has 0 saturated heterocycles. The topological polar surface area (TPSA) is 78.9 Å². The first-order chi connectivity index (χ1) is 8.86. The molecule has 104 valence electrons. The van der Waals surface area contributed by atoms with Crippen molar-refractivity contribution in [2.45, 2.75) is 13.8 Å². The SMILES string of the molecule is Cc1cc(C(=O)N(C)CC(C)C(N)=NO)ccc1F. The van der Waals surface area contributed by atoms with Crippen molar-refractivity contribution in [2.24, 2.45) is 16.8 Å². The van der Waals surface area contributed by atoms with Gasteiger partial charge < -0.3 is 15.8 Å². The van der Waals surface area contributed by atoms with Crippen molar-refractivity contribution in [1.82, 2.24) is 4.90 Å². The summed E-state index contributed by atoms with van der Waals surface area (Å²) in [6, 6.07) is 4.21. The summed E-state index contributed by atoms with van der Waals surface area (Å²) in [4.78, 5) is 13.6. The Morgan fingerprint density at radius 1 is 1.58 bits per heavy atom. The predicted molar refractivity (Wildman–Crippen MR) is 70.7 cm³/mol. The quantitative estimate of drug-likeness (QED) is 0.376. The highest BCUT2D eigenvalue weighted by Crippen LogP contribution is 2.12. The number of hydrogen-bond acceptors (Lipinski definition) is 3. The number of nitrogens with two attached hydrogens (primary N) is 1. The minimum Gasteiger partial charge on any atom is -0.409 e. The maximum absolute atomic E-state index is 13.1. The van der Waals surface area contributed by atoms with Crippen LogP contribution in [0.2, 0.25) is 0 Å². The van der Waals surface area contributed by atoms with E-state index in [1.54, 1.807) is 20.9 Å². The minimum atomic E-state index is -0.343. The van der Waals surface area contributed by atoms with Gasteiger partial charge in [0.15, 0.2) is 0 Å². The molecule has 0 bridgehead atoms. The van der Waals surface area contributed by atoms with E-state index in [1.807, 2.05) is 0 Å². The van der Waals surface area contributed by atoms with Crippen molar-refractivity contribution < 1.29 is 14.4 Å². The molecule has 0 aliphatic carbocycles. The average Bonchev–Trinajstić information content (AvgIpc) is 2.39. The Hall–Kier alpha value is -2.11. The summed E-state index contributed by atoms with van der Waals surface area (Å²) >= 11 is 0. The summed E-state index contributed by atoms with van der Waals surface area (Å²) in [6.07, 6.45) is 0. The smallest absolute Gasteiger partial charge is 0.253 e. The zero-order valence-corrected chi connectivity index (χ0v) is 11.2. The maximum atomic E-state index is 13.1. The van der Waals surface area contributed by atoms with Gasteiger partial charge in [-0.25, -0.2) is 4.39 Å². The fourth-order valence-electron chi connectivity index (χ4n) is 1.68. The first kappa shape index (κ1) is 14.9. The molecule has 0 saturated carbocycles. The van der Waals surface area contributed by atoms with Crippen molar-refractivity contribution in [3.8, 4) is 0 Å². The van der Waals surface area contributed by atoms with E-state index in [4.69, 9.17) is 10.9 Å². The van der Waals surface area contributed by atoms with Crippen LogP contribution in [0, 0.1) is 18.7 Å². The molecule has 19 heavy (non-hydrogen) atoms. The average molecular weight is 267 g/mol. The van der Waals surface area contributed by atoms with Crippen LogP contribution < -0.4 is 5.73 Å². The lowest BCUT2D eigenvalue weighted by Gasteiger charge is -2.21. The lowest BCUT2D eigenvalue weighted by molar-refractivity contribution is 0.0786. The molecule has 1 unspecified atom stereocenters. The van der Waals surface area contributed by atoms with Crippen molar-refractivity contribution in [1.29, 1.82) is 0 Å². The van der Waals surface area contributed by atoms with Crippen LogP contribution in [-0.4, -0.2) is 35.4 Å². The first-order valence-electron chi connectivity index (χ1n) is 5.85. The van der Waals surface area contributed by atoms with E-state index in [0.717, 1.165) is 0 Å². The van der Waals surface area contributed by atoms with E-state index < -0.39 is 0 Å². The highest BCUT2D eigenvalue weighted by molar-refractivity contribution is 5.94. The number of halogens is 1. The number of carbonyl (C=O) groups is 1. The fourth-order valence-corrected chi connectivity index (χ4v) is 1.68. The second-order valence-electron chi connectivity index (χ2n) is 4.58. The lowest BCUT2D eigenvalue weighted by atomic mass is 10.1. The van der Waals surface area contributed by atoms with Crippen LogP contribution in [0.5, 0.6) is 0 Å². The molecule has 3 N–H and O–H groups in total. The minimum absolute atomic E-state index is 0.0648. The number of benzene rings is 1. The number of aryl methyl sites for hydroxylation is 1. The molecule has 0 heterocycles. The Balaban J connectivity index is 2.79. The summed E-state index contributed by atoms with van der Waals surface area (Å²) in [5.74, 6) is -0.777. The first-order valence-corrected chi connectivity index (χ1v) is 5.85. The van der Waals surface area contributed by atoms with Gasteiger partial charge in [0.05, 0.1) is 0 Å². The molecule has 1 aromatic rings. The predicted octanol–water partition coefficient (Wildman–Crippen LogP) is 1.59. The number of carbonyl (C=O) groups excluding carboxylic acids is 1. The third kappa shape index (κ3) is 3.67. The van der Waals surface area contributed by atoms with Crippen LogP contribution in [0.15, 0.2) is 23.4 Å². The molecule has 0 aromatic heterocycles. The van der Waals surface area contributed by atoms with Gasteiger partial charge in [0.1, 0.15) is 11.7 Å². The number of nitrogens with zero attached hydrogens (tertiary/aromatic N) is 2. The molecule has 6 heteroatoms. The third-order valence-electron chi connectivity index (χ3n) is 2.92. The van der Waals surface area contributed by atoms with Gasteiger partial charge in [0.2, 0.25) is 0 Å². The second-order valence-corrected chi connectivity index (χ2v) is 4.58. The number of rotatable bonds is 4. The van der Waals surface area contributed by atoms with Crippen LogP contribution in [0.1, 0.15) is 22.8 Å². The molecule has 1 atom stereocenters. The van der Waals surface area contributed by atoms with Crippen LogP contribution in [-0.2, 0) is 0 Å². The van der Waals surface area contributed by atoms with Crippen LogP contribution in [0.25, 0.3) is 0 Å². The molecule has 1 amide bonds. The van der Waals surface area contributed by atoms with Crippen LogP contribution in [0.3, 0.4) is 0 Å². The molecule has 0 aliphatic heterocycles. The Kier molecular flexibility index (Phi) is 4.86. The van der Waals surface area contributed by atoms with Gasteiger partial charge in [0, 0.05) is 25.1 Å². The monoisotopic (exact) mass is 267 g/mol. The number of amidine groups is 1. The number of hydrogen-bond donors (Lipinski definition) is 2. The van der Waals surface area contributed by atoms with E-state index in [0.29, 0.717) is 17.7 Å². The standard InChI is InChI=1S/C13H18FN3O2/c1-8-6-10(4-5-11(8)14)13(18)17(3)7-9(2)12(15)16-19/h4-6,9,19H,7H2,1-3H3,(H2,15,16). The summed E-state index contributed by atoms with van der Waals surface area (Å²) in [7, 11) is 1.61. The van der Waals surface area contributed by atoms with Crippen molar-refractivity contribution in [3.63, 3.8) is 0 Å². The second kappa shape index (κ2) is 6.17. The normalized spacial score (nSPS) is 13.2. The van der Waals surface area contributed by atoms with Crippen LogP contribution in [0.4, 0.5) is 4.39 Å². The molecule has 0 aliphatic rings. The van der Waals surface area contributed by atoms with Crippen molar-refractivity contribution >= 4 is 11.7 Å². The van der Waals surface area contributed by atoms with E-state index in [9.17, 15) is 9.18 Å². The van der Waals surface area contributed by atoms with Gasteiger partial charge in [-0.15, -0.1) is 0 Å². The summed E-state index contributed by atoms with van der Waals surface area (Å²) in [6.45, 7) is 3.66. The van der Waals surface area contributed by atoms with E-state index >= 15 is 0 Å². The molecule has 5 nitrogen and oxygen atoms in total. The van der Waals surface area contributed by atoms with Gasteiger partial charge >= 0.3 is 0 Å². The molecule has 0 radical (unpaired) electrons. The summed E-state index contributed by atoms with van der Waals surface area (Å²) < 4.78 is 13.1. The molecule has 0 fully saturated rings. The van der Waals surface area contributed by atoms with Gasteiger partial charge in [0.25, 0.3) is 5.91 Å².